The average Bonchev–Trinajstić information content (AvgIpc) is 2.99. The minimum atomic E-state index is -0.679. The van der Waals surface area contributed by atoms with Crippen molar-refractivity contribution in [2.45, 2.75) is 57.5 Å². The van der Waals surface area contributed by atoms with Crippen LogP contribution in [0.15, 0.2) is 0 Å². The van der Waals surface area contributed by atoms with Crippen LogP contribution in [0.4, 0.5) is 0 Å². The molecule has 0 aromatic carbocycles. The molecule has 3 aliphatic carbocycles. The third-order valence-corrected chi connectivity index (χ3v) is 5.61. The van der Waals surface area contributed by atoms with E-state index in [0.29, 0.717) is 11.8 Å². The first kappa shape index (κ1) is 10.6. The Morgan fingerprint density at radius 1 is 1.38 bits per heavy atom. The first-order chi connectivity index (χ1) is 7.66. The molecule has 88 valence electrons. The number of hydrogen-bond acceptors (Lipinski definition) is 2. The summed E-state index contributed by atoms with van der Waals surface area (Å²) in [6, 6.07) is 2.57. The minimum Gasteiger partial charge on any atom is -0.388 e. The SMILES string of the molecule is CCC(O)(C1CC1)C1(C#N)CC2CCC1C2. The van der Waals surface area contributed by atoms with Crippen molar-refractivity contribution in [3.05, 3.63) is 0 Å². The zero-order valence-electron chi connectivity index (χ0n) is 10.1. The van der Waals surface area contributed by atoms with Crippen molar-refractivity contribution in [2.24, 2.45) is 23.2 Å². The molecule has 16 heavy (non-hydrogen) atoms. The molecular formula is C14H21NO. The van der Waals surface area contributed by atoms with Gasteiger partial charge in [0.25, 0.3) is 0 Å². The molecule has 3 rings (SSSR count). The highest BCUT2D eigenvalue weighted by atomic mass is 16.3. The zero-order chi connectivity index (χ0) is 11.4. The predicted molar refractivity (Wildman–Crippen MR) is 61.5 cm³/mol. The van der Waals surface area contributed by atoms with Gasteiger partial charge in [0.2, 0.25) is 0 Å². The molecule has 0 aromatic heterocycles. The second-order valence-electron chi connectivity index (χ2n) is 6.22. The molecule has 3 saturated carbocycles. The van der Waals surface area contributed by atoms with E-state index in [4.69, 9.17) is 0 Å². The summed E-state index contributed by atoms with van der Waals surface area (Å²) in [5.74, 6) is 1.62. The molecule has 0 saturated heterocycles. The van der Waals surface area contributed by atoms with Gasteiger partial charge in [0.05, 0.1) is 17.1 Å². The highest BCUT2D eigenvalue weighted by Crippen LogP contribution is 2.65. The maximum absolute atomic E-state index is 11.0. The van der Waals surface area contributed by atoms with E-state index in [-0.39, 0.29) is 0 Å². The molecule has 2 nitrogen and oxygen atoms in total. The summed E-state index contributed by atoms with van der Waals surface area (Å²) >= 11 is 0. The fourth-order valence-corrected chi connectivity index (χ4v) is 4.62. The molecule has 0 amide bonds. The Morgan fingerprint density at radius 3 is 2.50 bits per heavy atom. The lowest BCUT2D eigenvalue weighted by molar-refractivity contribution is -0.102. The van der Waals surface area contributed by atoms with Gasteiger partial charge in [-0.2, -0.15) is 5.26 Å². The molecule has 0 aliphatic heterocycles. The average molecular weight is 219 g/mol. The summed E-state index contributed by atoms with van der Waals surface area (Å²) in [5.41, 5.74) is -1.08. The van der Waals surface area contributed by atoms with Gasteiger partial charge in [0.15, 0.2) is 0 Å². The van der Waals surface area contributed by atoms with Crippen LogP contribution in [0.5, 0.6) is 0 Å². The van der Waals surface area contributed by atoms with Crippen LogP contribution in [0.25, 0.3) is 0 Å². The topological polar surface area (TPSA) is 44.0 Å². The van der Waals surface area contributed by atoms with E-state index in [0.717, 1.165) is 31.6 Å². The molecule has 3 fully saturated rings. The molecule has 2 heteroatoms. The zero-order valence-corrected chi connectivity index (χ0v) is 10.1. The van der Waals surface area contributed by atoms with Gasteiger partial charge >= 0.3 is 0 Å². The third kappa shape index (κ3) is 1.10. The molecule has 0 spiro atoms. The van der Waals surface area contributed by atoms with Gasteiger partial charge in [-0.1, -0.05) is 13.3 Å². The standard InChI is InChI=1S/C14H21NO/c1-2-14(16,11-5-6-11)13(9-15)8-10-3-4-12(13)7-10/h10-12,16H,2-8H2,1H3. The summed E-state index contributed by atoms with van der Waals surface area (Å²) in [4.78, 5) is 0. The Hall–Kier alpha value is -0.550. The Labute approximate surface area is 97.7 Å². The van der Waals surface area contributed by atoms with Gasteiger partial charge < -0.3 is 5.11 Å². The van der Waals surface area contributed by atoms with Crippen molar-refractivity contribution in [1.82, 2.24) is 0 Å². The number of nitriles is 1. The Bertz CT molecular complexity index is 343. The van der Waals surface area contributed by atoms with Gasteiger partial charge in [-0.15, -0.1) is 0 Å². The van der Waals surface area contributed by atoms with Crippen molar-refractivity contribution in [1.29, 1.82) is 5.26 Å². The summed E-state index contributed by atoms with van der Waals surface area (Å²) in [5, 5.41) is 20.7. The summed E-state index contributed by atoms with van der Waals surface area (Å²) < 4.78 is 0. The fourth-order valence-electron chi connectivity index (χ4n) is 4.62. The largest absolute Gasteiger partial charge is 0.388 e. The summed E-state index contributed by atoms with van der Waals surface area (Å²) in [6.07, 6.45) is 7.65. The molecule has 2 bridgehead atoms. The van der Waals surface area contributed by atoms with Crippen molar-refractivity contribution >= 4 is 0 Å². The molecule has 4 unspecified atom stereocenters. The van der Waals surface area contributed by atoms with E-state index >= 15 is 0 Å². The smallest absolute Gasteiger partial charge is 0.0893 e. The maximum atomic E-state index is 11.0. The number of rotatable bonds is 3. The van der Waals surface area contributed by atoms with Gasteiger partial charge in [-0.05, 0) is 56.3 Å². The molecule has 4 atom stereocenters. The van der Waals surface area contributed by atoms with Crippen molar-refractivity contribution in [2.75, 3.05) is 0 Å². The Morgan fingerprint density at radius 2 is 2.12 bits per heavy atom. The molecule has 1 N–H and O–H groups in total. The van der Waals surface area contributed by atoms with Crippen LogP contribution in [-0.4, -0.2) is 10.7 Å². The fraction of sp³-hybridized carbons (Fsp3) is 0.929. The van der Waals surface area contributed by atoms with E-state index in [1.54, 1.807) is 0 Å². The van der Waals surface area contributed by atoms with Gasteiger partial charge in [0.1, 0.15) is 0 Å². The number of nitrogens with zero attached hydrogens (tertiary/aromatic N) is 1. The van der Waals surface area contributed by atoms with E-state index in [1.165, 1.54) is 19.3 Å². The number of fused-ring (bicyclic) bond motifs is 2. The van der Waals surface area contributed by atoms with Gasteiger partial charge in [0, 0.05) is 0 Å². The van der Waals surface area contributed by atoms with E-state index in [1.807, 2.05) is 0 Å². The first-order valence-corrected chi connectivity index (χ1v) is 6.80. The summed E-state index contributed by atoms with van der Waals surface area (Å²) in [7, 11) is 0. The quantitative estimate of drug-likeness (QED) is 0.793. The second-order valence-corrected chi connectivity index (χ2v) is 6.22. The van der Waals surface area contributed by atoms with E-state index in [9.17, 15) is 10.4 Å². The highest BCUT2D eigenvalue weighted by molar-refractivity contribution is 5.22. The Kier molecular flexibility index (Phi) is 2.14. The first-order valence-electron chi connectivity index (χ1n) is 6.80. The Balaban J connectivity index is 1.98. The lowest BCUT2D eigenvalue weighted by Gasteiger charge is -2.45. The van der Waals surface area contributed by atoms with E-state index in [2.05, 4.69) is 13.0 Å². The lowest BCUT2D eigenvalue weighted by Crippen LogP contribution is -2.52. The van der Waals surface area contributed by atoms with Crippen LogP contribution >= 0.6 is 0 Å². The van der Waals surface area contributed by atoms with Gasteiger partial charge in [-0.25, -0.2) is 0 Å². The molecule has 0 heterocycles. The highest BCUT2D eigenvalue weighted by Gasteiger charge is 2.65. The second kappa shape index (κ2) is 3.23. The third-order valence-electron chi connectivity index (χ3n) is 5.61. The minimum absolute atomic E-state index is 0.397. The van der Waals surface area contributed by atoms with Crippen LogP contribution in [-0.2, 0) is 0 Å². The van der Waals surface area contributed by atoms with Crippen LogP contribution in [0, 0.1) is 34.5 Å². The van der Waals surface area contributed by atoms with Crippen LogP contribution in [0.3, 0.4) is 0 Å². The van der Waals surface area contributed by atoms with E-state index < -0.39 is 11.0 Å². The number of hydrogen-bond donors (Lipinski definition) is 1. The monoisotopic (exact) mass is 219 g/mol. The van der Waals surface area contributed by atoms with Crippen molar-refractivity contribution in [3.8, 4) is 6.07 Å². The van der Waals surface area contributed by atoms with Gasteiger partial charge in [-0.3, -0.25) is 0 Å². The maximum Gasteiger partial charge on any atom is 0.0893 e. The predicted octanol–water partition coefficient (Wildman–Crippen LogP) is 2.87. The molecule has 0 aromatic rings. The normalized spacial score (nSPS) is 45.3. The van der Waals surface area contributed by atoms with Crippen molar-refractivity contribution in [3.63, 3.8) is 0 Å². The number of aliphatic hydroxyl groups is 1. The molecular weight excluding hydrogens is 198 g/mol. The molecule has 0 radical (unpaired) electrons. The lowest BCUT2D eigenvalue weighted by atomic mass is 9.60. The molecule has 3 aliphatic rings. The van der Waals surface area contributed by atoms with Crippen LogP contribution in [0.2, 0.25) is 0 Å². The van der Waals surface area contributed by atoms with Crippen LogP contribution < -0.4 is 0 Å². The van der Waals surface area contributed by atoms with Crippen molar-refractivity contribution < 1.29 is 5.11 Å². The summed E-state index contributed by atoms with van der Waals surface area (Å²) in [6.45, 7) is 2.06. The van der Waals surface area contributed by atoms with Crippen LogP contribution in [0.1, 0.15) is 51.9 Å².